The Morgan fingerprint density at radius 3 is 2.32 bits per heavy atom. The molecule has 0 unspecified atom stereocenters. The van der Waals surface area contributed by atoms with Gasteiger partial charge in [0.1, 0.15) is 6.61 Å². The van der Waals surface area contributed by atoms with Crippen LogP contribution in [0.4, 0.5) is 4.79 Å². The highest BCUT2D eigenvalue weighted by molar-refractivity contribution is 5.87. The maximum Gasteiger partial charge on any atom is 0.407 e. The summed E-state index contributed by atoms with van der Waals surface area (Å²) in [6, 6.07) is 16.3. The molecule has 2 aromatic rings. The summed E-state index contributed by atoms with van der Waals surface area (Å²) in [5.41, 5.74) is 4.66. The summed E-state index contributed by atoms with van der Waals surface area (Å²) >= 11 is 0. The SMILES string of the molecule is O=C(O)CN1CCCN(C(=O)/C=C/CNC(=O)OCC2c3ccccc3-c3ccccc32)CC1. The van der Waals surface area contributed by atoms with Gasteiger partial charge in [-0.25, -0.2) is 4.79 Å². The van der Waals surface area contributed by atoms with Gasteiger partial charge >= 0.3 is 12.1 Å². The summed E-state index contributed by atoms with van der Waals surface area (Å²) in [6.07, 6.45) is 3.24. The van der Waals surface area contributed by atoms with Gasteiger partial charge in [0, 0.05) is 44.7 Å². The number of ether oxygens (including phenoxy) is 1. The quantitative estimate of drug-likeness (QED) is 0.613. The highest BCUT2D eigenvalue weighted by Crippen LogP contribution is 2.44. The predicted octanol–water partition coefficient (Wildman–Crippen LogP) is 2.70. The lowest BCUT2D eigenvalue weighted by atomic mass is 9.98. The van der Waals surface area contributed by atoms with Gasteiger partial charge in [0.15, 0.2) is 0 Å². The number of rotatable bonds is 7. The number of aliphatic carboxylic acids is 1. The molecule has 178 valence electrons. The minimum Gasteiger partial charge on any atom is -0.480 e. The summed E-state index contributed by atoms with van der Waals surface area (Å²) in [5, 5.41) is 11.6. The average Bonchev–Trinajstić information content (AvgIpc) is 2.96. The van der Waals surface area contributed by atoms with Crippen LogP contribution in [0.15, 0.2) is 60.7 Å². The molecule has 2 aliphatic rings. The zero-order chi connectivity index (χ0) is 23.9. The zero-order valence-corrected chi connectivity index (χ0v) is 19.0. The van der Waals surface area contributed by atoms with Gasteiger partial charge in [-0.05, 0) is 28.7 Å². The molecule has 34 heavy (non-hydrogen) atoms. The molecule has 0 saturated carbocycles. The van der Waals surface area contributed by atoms with Crippen molar-refractivity contribution in [2.24, 2.45) is 0 Å². The highest BCUT2D eigenvalue weighted by Gasteiger charge is 2.29. The third kappa shape index (κ3) is 5.63. The number of hydrogen-bond acceptors (Lipinski definition) is 5. The first-order chi connectivity index (χ1) is 16.5. The molecule has 1 aliphatic carbocycles. The van der Waals surface area contributed by atoms with E-state index < -0.39 is 12.1 Å². The summed E-state index contributed by atoms with van der Waals surface area (Å²) in [5.74, 6) is -1.01. The van der Waals surface area contributed by atoms with Gasteiger partial charge in [0.05, 0.1) is 6.54 Å². The minimum absolute atomic E-state index is 0.000927. The summed E-state index contributed by atoms with van der Waals surface area (Å²) in [7, 11) is 0. The number of carboxylic acid groups (broad SMARTS) is 1. The Kier molecular flexibility index (Phi) is 7.59. The van der Waals surface area contributed by atoms with E-state index in [-0.39, 0.29) is 31.5 Å². The van der Waals surface area contributed by atoms with E-state index in [2.05, 4.69) is 29.6 Å². The van der Waals surface area contributed by atoms with Crippen LogP contribution in [0, 0.1) is 0 Å². The maximum absolute atomic E-state index is 12.4. The number of nitrogens with zero attached hydrogens (tertiary/aromatic N) is 2. The van der Waals surface area contributed by atoms with Gasteiger partial charge in [-0.2, -0.15) is 0 Å². The molecular formula is C26H29N3O5. The number of carbonyl (C=O) groups is 3. The molecular weight excluding hydrogens is 434 g/mol. The lowest BCUT2D eigenvalue weighted by molar-refractivity contribution is -0.138. The summed E-state index contributed by atoms with van der Waals surface area (Å²) in [6.45, 7) is 2.66. The van der Waals surface area contributed by atoms with Gasteiger partial charge in [-0.3, -0.25) is 14.5 Å². The van der Waals surface area contributed by atoms with E-state index in [9.17, 15) is 14.4 Å². The molecule has 1 fully saturated rings. The van der Waals surface area contributed by atoms with Crippen molar-refractivity contribution < 1.29 is 24.2 Å². The Morgan fingerprint density at radius 2 is 1.65 bits per heavy atom. The van der Waals surface area contributed by atoms with Crippen molar-refractivity contribution in [3.63, 3.8) is 0 Å². The second kappa shape index (κ2) is 11.0. The van der Waals surface area contributed by atoms with Crippen LogP contribution >= 0.6 is 0 Å². The molecule has 4 rings (SSSR count). The normalized spacial score (nSPS) is 16.1. The van der Waals surface area contributed by atoms with Crippen LogP contribution < -0.4 is 5.32 Å². The van der Waals surface area contributed by atoms with Gasteiger partial charge in [0.25, 0.3) is 0 Å². The van der Waals surface area contributed by atoms with Gasteiger partial charge in [-0.15, -0.1) is 0 Å². The summed E-state index contributed by atoms with van der Waals surface area (Å²) < 4.78 is 5.49. The number of fused-ring (bicyclic) bond motifs is 3. The molecule has 0 atom stereocenters. The fourth-order valence-electron chi connectivity index (χ4n) is 4.60. The monoisotopic (exact) mass is 463 g/mol. The Bertz CT molecular complexity index is 1040. The number of hydrogen-bond donors (Lipinski definition) is 2. The molecule has 0 spiro atoms. The average molecular weight is 464 g/mol. The first kappa shape index (κ1) is 23.5. The van der Waals surface area contributed by atoms with Crippen molar-refractivity contribution in [1.82, 2.24) is 15.1 Å². The van der Waals surface area contributed by atoms with Crippen LogP contribution in [0.1, 0.15) is 23.5 Å². The lowest BCUT2D eigenvalue weighted by Crippen LogP contribution is -2.36. The number of carboxylic acids is 1. The van der Waals surface area contributed by atoms with Gasteiger partial charge in [0.2, 0.25) is 5.91 Å². The predicted molar refractivity (Wildman–Crippen MR) is 127 cm³/mol. The number of nitrogens with one attached hydrogen (secondary N) is 1. The number of carbonyl (C=O) groups excluding carboxylic acids is 2. The summed E-state index contributed by atoms with van der Waals surface area (Å²) in [4.78, 5) is 39.1. The van der Waals surface area contributed by atoms with E-state index in [1.165, 1.54) is 17.2 Å². The zero-order valence-electron chi connectivity index (χ0n) is 19.0. The van der Waals surface area contributed by atoms with Crippen LogP contribution in [-0.2, 0) is 14.3 Å². The number of alkyl carbamates (subject to hydrolysis) is 1. The molecule has 8 heteroatoms. The van der Waals surface area contributed by atoms with E-state index in [0.29, 0.717) is 26.2 Å². The van der Waals surface area contributed by atoms with Crippen LogP contribution in [0.2, 0.25) is 0 Å². The molecule has 2 amide bonds. The first-order valence-corrected chi connectivity index (χ1v) is 11.5. The fraction of sp³-hybridized carbons (Fsp3) is 0.346. The van der Waals surface area contributed by atoms with E-state index in [4.69, 9.17) is 9.84 Å². The third-order valence-corrected chi connectivity index (χ3v) is 6.23. The van der Waals surface area contributed by atoms with E-state index in [1.54, 1.807) is 11.0 Å². The second-order valence-electron chi connectivity index (χ2n) is 8.46. The van der Waals surface area contributed by atoms with Crippen LogP contribution in [-0.4, -0.2) is 78.8 Å². The molecule has 8 nitrogen and oxygen atoms in total. The van der Waals surface area contributed by atoms with Crippen molar-refractivity contribution in [3.8, 4) is 11.1 Å². The van der Waals surface area contributed by atoms with Gasteiger partial charge in [-0.1, -0.05) is 54.6 Å². The smallest absolute Gasteiger partial charge is 0.407 e. The molecule has 0 radical (unpaired) electrons. The van der Waals surface area contributed by atoms with E-state index >= 15 is 0 Å². The Balaban J connectivity index is 1.22. The van der Waals surface area contributed by atoms with Crippen molar-refractivity contribution >= 4 is 18.0 Å². The molecule has 0 bridgehead atoms. The Labute approximate surface area is 198 Å². The Morgan fingerprint density at radius 1 is 0.971 bits per heavy atom. The van der Waals surface area contributed by atoms with Gasteiger partial charge < -0.3 is 20.1 Å². The van der Waals surface area contributed by atoms with E-state index in [0.717, 1.165) is 17.5 Å². The minimum atomic E-state index is -0.862. The van der Waals surface area contributed by atoms with Crippen molar-refractivity contribution in [2.75, 3.05) is 45.9 Å². The Hall–Kier alpha value is -3.65. The topological polar surface area (TPSA) is 99.2 Å². The van der Waals surface area contributed by atoms with Crippen molar-refractivity contribution in [2.45, 2.75) is 12.3 Å². The molecule has 2 N–H and O–H groups in total. The molecule has 1 saturated heterocycles. The second-order valence-corrected chi connectivity index (χ2v) is 8.46. The standard InChI is InChI=1S/C26H29N3O5/c30-24(29-14-6-13-28(15-16-29)17-25(31)32)11-5-12-27-26(33)34-18-23-21-9-3-1-7-19(21)20-8-2-4-10-22(20)23/h1-5,7-11,23H,6,12-18H2,(H,27,33)(H,31,32)/b11-5+. The van der Waals surface area contributed by atoms with Crippen LogP contribution in [0.3, 0.4) is 0 Å². The van der Waals surface area contributed by atoms with Crippen molar-refractivity contribution in [3.05, 3.63) is 71.8 Å². The van der Waals surface area contributed by atoms with Crippen molar-refractivity contribution in [1.29, 1.82) is 0 Å². The fourth-order valence-corrected chi connectivity index (χ4v) is 4.60. The third-order valence-electron chi connectivity index (χ3n) is 6.23. The van der Waals surface area contributed by atoms with E-state index in [1.807, 2.05) is 29.2 Å². The highest BCUT2D eigenvalue weighted by atomic mass is 16.5. The van der Waals surface area contributed by atoms with Crippen LogP contribution in [0.5, 0.6) is 0 Å². The maximum atomic E-state index is 12.4. The molecule has 2 aromatic carbocycles. The number of benzene rings is 2. The number of amides is 2. The van der Waals surface area contributed by atoms with Crippen LogP contribution in [0.25, 0.3) is 11.1 Å². The molecule has 1 aliphatic heterocycles. The largest absolute Gasteiger partial charge is 0.480 e. The lowest BCUT2D eigenvalue weighted by Gasteiger charge is -2.19. The molecule has 0 aromatic heterocycles. The first-order valence-electron chi connectivity index (χ1n) is 11.5. The molecule has 1 heterocycles.